The highest BCUT2D eigenvalue weighted by Crippen LogP contribution is 2.43. The van der Waals surface area contributed by atoms with Crippen molar-refractivity contribution < 1.29 is 33.5 Å². The molecule has 2 fully saturated rings. The second-order valence-electron chi connectivity index (χ2n) is 13.2. The van der Waals surface area contributed by atoms with Crippen LogP contribution < -0.4 is 16.4 Å². The Hall–Kier alpha value is -6.21. The second-order valence-corrected chi connectivity index (χ2v) is 15.3. The van der Waals surface area contributed by atoms with Crippen LogP contribution in [0.1, 0.15) is 35.8 Å². The number of anilines is 1. The number of likely N-dealkylation sites (N-methyl/N-ethyl adjacent to an activating group) is 1. The quantitative estimate of drug-likeness (QED) is 0.0615. The molecule has 3 aliphatic rings. The minimum atomic E-state index is -1.41. The van der Waals surface area contributed by atoms with E-state index in [4.69, 9.17) is 10.5 Å². The Balaban J connectivity index is 1.14. The Morgan fingerprint density at radius 1 is 0.947 bits per heavy atom. The number of thioether (sulfide) groups is 2. The van der Waals surface area contributed by atoms with Crippen molar-refractivity contribution in [1.29, 1.82) is 0 Å². The van der Waals surface area contributed by atoms with Gasteiger partial charge in [-0.25, -0.2) is 14.3 Å². The monoisotopic (exact) mass is 810 g/mol. The van der Waals surface area contributed by atoms with Gasteiger partial charge in [-0.2, -0.15) is 0 Å². The number of aromatic nitrogens is 4. The number of fused-ring (bicyclic) bond motifs is 1. The van der Waals surface area contributed by atoms with Gasteiger partial charge in [0.1, 0.15) is 23.2 Å². The van der Waals surface area contributed by atoms with Crippen LogP contribution in [0.25, 0.3) is 0 Å². The number of aryl methyl sites for hydroxylation is 1. The molecular weight excluding hydrogens is 773 g/mol. The van der Waals surface area contributed by atoms with E-state index >= 15 is 0 Å². The van der Waals surface area contributed by atoms with Crippen LogP contribution in [-0.2, 0) is 35.8 Å². The largest absolute Gasteiger partial charge is 0.448 e. The lowest BCUT2D eigenvalue weighted by molar-refractivity contribution is -0.155. The van der Waals surface area contributed by atoms with Crippen molar-refractivity contribution in [3.05, 3.63) is 113 Å². The maximum Gasteiger partial charge on any atom is 0.356 e. The molecule has 19 heteroatoms. The van der Waals surface area contributed by atoms with Crippen molar-refractivity contribution in [1.82, 2.24) is 45.5 Å². The SMILES string of the molecule is CCN1CCN(C(=O)N[C@@H](C(=O)N[C@@H]2C(=O)N3C(C(=O)OC(c4ccccc4)c4ccccc4)=C(CSc4nnnn4C)CS[C@H]23)c2cccc(N)c2)C(=O)C1=O. The van der Waals surface area contributed by atoms with Crippen LogP contribution in [0.2, 0.25) is 0 Å². The molecule has 0 saturated carbocycles. The Labute approximate surface area is 335 Å². The van der Waals surface area contributed by atoms with Crippen molar-refractivity contribution >= 4 is 64.8 Å². The molecule has 0 aliphatic carbocycles. The van der Waals surface area contributed by atoms with Crippen LogP contribution in [0.3, 0.4) is 0 Å². The Kier molecular flexibility index (Phi) is 11.6. The smallest absolute Gasteiger partial charge is 0.356 e. The van der Waals surface area contributed by atoms with Crippen molar-refractivity contribution in [3.8, 4) is 0 Å². The average molecular weight is 811 g/mol. The van der Waals surface area contributed by atoms with Gasteiger partial charge < -0.3 is 26.0 Å². The van der Waals surface area contributed by atoms with Gasteiger partial charge in [-0.1, -0.05) is 84.6 Å². The Morgan fingerprint density at radius 2 is 1.63 bits per heavy atom. The van der Waals surface area contributed by atoms with E-state index < -0.39 is 59.2 Å². The van der Waals surface area contributed by atoms with E-state index in [1.807, 2.05) is 60.7 Å². The number of ether oxygens (including phenoxy) is 1. The molecule has 294 valence electrons. The number of carbonyl (C=O) groups is 6. The first-order valence-corrected chi connectivity index (χ1v) is 20.0. The maximum atomic E-state index is 14.4. The molecule has 1 aromatic heterocycles. The van der Waals surface area contributed by atoms with Gasteiger partial charge in [-0.3, -0.25) is 29.0 Å². The average Bonchev–Trinajstić information content (AvgIpc) is 3.65. The Morgan fingerprint density at radius 3 is 2.26 bits per heavy atom. The highest BCUT2D eigenvalue weighted by atomic mass is 32.2. The molecule has 0 radical (unpaired) electrons. The summed E-state index contributed by atoms with van der Waals surface area (Å²) in [6, 6.07) is 21.3. The summed E-state index contributed by atoms with van der Waals surface area (Å²) < 4.78 is 7.75. The molecule has 0 spiro atoms. The molecular formula is C38H38N10O7S2. The van der Waals surface area contributed by atoms with E-state index in [9.17, 15) is 28.8 Å². The zero-order chi connectivity index (χ0) is 40.2. The number of rotatable bonds is 12. The number of hydrogen-bond donors (Lipinski definition) is 3. The number of nitrogens with zero attached hydrogens (tertiary/aromatic N) is 7. The number of nitrogens with two attached hydrogens (primary N) is 1. The highest BCUT2D eigenvalue weighted by Gasteiger charge is 2.55. The lowest BCUT2D eigenvalue weighted by Crippen LogP contribution is -2.71. The van der Waals surface area contributed by atoms with Crippen LogP contribution >= 0.6 is 23.5 Å². The number of hydrogen-bond acceptors (Lipinski definition) is 13. The zero-order valence-corrected chi connectivity index (χ0v) is 32.4. The van der Waals surface area contributed by atoms with E-state index in [0.717, 1.165) is 16.0 Å². The predicted molar refractivity (Wildman–Crippen MR) is 208 cm³/mol. The number of nitrogens with one attached hydrogen (secondary N) is 2. The van der Waals surface area contributed by atoms with Crippen molar-refractivity contribution in [2.75, 3.05) is 36.9 Å². The summed E-state index contributed by atoms with van der Waals surface area (Å²) in [7, 11) is 1.69. The van der Waals surface area contributed by atoms with Gasteiger partial charge >= 0.3 is 23.8 Å². The molecule has 4 aromatic rings. The molecule has 3 atom stereocenters. The molecule has 0 bridgehead atoms. The predicted octanol–water partition coefficient (Wildman–Crippen LogP) is 2.01. The third-order valence-corrected chi connectivity index (χ3v) is 12.1. The number of β-lactam (4-membered cyclic amide) rings is 1. The van der Waals surface area contributed by atoms with Crippen LogP contribution in [0.4, 0.5) is 10.5 Å². The summed E-state index contributed by atoms with van der Waals surface area (Å²) >= 11 is 2.64. The van der Waals surface area contributed by atoms with Gasteiger partial charge in [0, 0.05) is 43.9 Å². The fourth-order valence-electron chi connectivity index (χ4n) is 6.67. The number of piperazine rings is 1. The fourth-order valence-corrected chi connectivity index (χ4v) is 9.01. The van der Waals surface area contributed by atoms with Crippen LogP contribution in [0.15, 0.2) is 101 Å². The number of tetrazole rings is 1. The van der Waals surface area contributed by atoms with E-state index in [-0.39, 0.29) is 30.1 Å². The molecule has 4 N–H and O–H groups in total. The third-order valence-electron chi connectivity index (χ3n) is 9.63. The van der Waals surface area contributed by atoms with Gasteiger partial charge in [-0.15, -0.1) is 16.9 Å². The van der Waals surface area contributed by atoms with Gasteiger partial charge in [-0.05, 0) is 51.7 Å². The zero-order valence-electron chi connectivity index (χ0n) is 30.8. The Bertz CT molecular complexity index is 2200. The molecule has 3 aliphatic heterocycles. The summed E-state index contributed by atoms with van der Waals surface area (Å²) in [6.07, 6.45) is -0.793. The fraction of sp³-hybridized carbons (Fsp3) is 0.289. The summed E-state index contributed by atoms with van der Waals surface area (Å²) in [5, 5.41) is 16.7. The number of carbonyl (C=O) groups excluding carboxylic acids is 6. The number of imide groups is 1. The molecule has 3 aromatic carbocycles. The number of esters is 1. The van der Waals surface area contributed by atoms with E-state index in [2.05, 4.69) is 26.2 Å². The van der Waals surface area contributed by atoms with Gasteiger partial charge in [0.15, 0.2) is 6.10 Å². The summed E-state index contributed by atoms with van der Waals surface area (Å²) in [5.41, 5.74) is 8.74. The minimum Gasteiger partial charge on any atom is -0.448 e. The molecule has 7 rings (SSSR count). The minimum absolute atomic E-state index is 0.0591. The van der Waals surface area contributed by atoms with Gasteiger partial charge in [0.05, 0.1) is 0 Å². The first kappa shape index (κ1) is 39.0. The first-order valence-electron chi connectivity index (χ1n) is 18.0. The van der Waals surface area contributed by atoms with E-state index in [1.165, 1.54) is 44.1 Å². The molecule has 4 heterocycles. The van der Waals surface area contributed by atoms with Crippen molar-refractivity contribution in [3.63, 3.8) is 0 Å². The standard InChI is InChI=1S/C38H38N10O7S2/c1-3-46-17-18-47(34(52)33(46)51)37(54)41-27(24-15-10-16-26(39)19-24)31(49)40-28-32(50)48-29(25(20-56-35(28)48)21-57-38-42-43-44-45(38)2)36(53)55-30(22-11-6-4-7-12-22)23-13-8-5-9-14-23/h4-16,19,27-28,30,35H,3,17-18,20-21,39H2,1-2H3,(H,40,49)(H,41,54)/t27-,28-,35-/m1/s1. The van der Waals surface area contributed by atoms with Crippen molar-refractivity contribution in [2.24, 2.45) is 7.05 Å². The summed E-state index contributed by atoms with van der Waals surface area (Å²) in [6.45, 7) is 2.09. The number of benzene rings is 3. The molecule has 17 nitrogen and oxygen atoms in total. The number of nitrogen functional groups attached to an aromatic ring is 1. The van der Waals surface area contributed by atoms with Crippen LogP contribution in [0, 0.1) is 0 Å². The normalized spacial score (nSPS) is 18.6. The lowest BCUT2D eigenvalue weighted by atomic mass is 10.00. The third kappa shape index (κ3) is 8.06. The maximum absolute atomic E-state index is 14.4. The first-order chi connectivity index (χ1) is 27.5. The molecule has 2 saturated heterocycles. The number of urea groups is 1. The molecule has 0 unspecified atom stereocenters. The van der Waals surface area contributed by atoms with Crippen molar-refractivity contribution in [2.45, 2.75) is 35.6 Å². The lowest BCUT2D eigenvalue weighted by Gasteiger charge is -2.50. The molecule has 6 amide bonds. The highest BCUT2D eigenvalue weighted by molar-refractivity contribution is 8.01. The summed E-state index contributed by atoms with van der Waals surface area (Å²) in [4.78, 5) is 84.9. The van der Waals surface area contributed by atoms with Crippen LogP contribution in [0.5, 0.6) is 0 Å². The topological polar surface area (TPSA) is 215 Å². The van der Waals surface area contributed by atoms with E-state index in [0.29, 0.717) is 28.7 Å². The van der Waals surface area contributed by atoms with Gasteiger partial charge in [0.2, 0.25) is 11.1 Å². The summed E-state index contributed by atoms with van der Waals surface area (Å²) in [5.74, 6) is -3.34. The van der Waals surface area contributed by atoms with Gasteiger partial charge in [0.25, 0.3) is 5.91 Å². The second kappa shape index (κ2) is 16.9. The van der Waals surface area contributed by atoms with Crippen LogP contribution in [-0.4, -0.2) is 113 Å². The number of amides is 6. The van der Waals surface area contributed by atoms with E-state index in [1.54, 1.807) is 32.2 Å². The molecule has 57 heavy (non-hydrogen) atoms.